The van der Waals surface area contributed by atoms with E-state index >= 15 is 0 Å². The van der Waals surface area contributed by atoms with Crippen LogP contribution in [0.3, 0.4) is 0 Å². The van der Waals surface area contributed by atoms with Crippen molar-refractivity contribution in [1.29, 1.82) is 0 Å². The molecule has 0 aromatic rings. The highest BCUT2D eigenvalue weighted by atomic mass is 16.5. The van der Waals surface area contributed by atoms with Crippen molar-refractivity contribution < 1.29 is 4.74 Å². The fourth-order valence-electron chi connectivity index (χ4n) is 8.26. The molecule has 1 heterocycles. The molecule has 0 N–H and O–H groups in total. The number of hydrogen-bond acceptors (Lipinski definition) is 3. The fraction of sp³-hybridized carbons (Fsp3) is 0.826. The summed E-state index contributed by atoms with van der Waals surface area (Å²) in [6, 6.07) is 0.0587. The second-order valence-corrected chi connectivity index (χ2v) is 10.5. The van der Waals surface area contributed by atoms with E-state index in [1.807, 2.05) is 0 Å². The van der Waals surface area contributed by atoms with Gasteiger partial charge in [0, 0.05) is 5.41 Å². The Bertz CT molecular complexity index is 720. The second-order valence-electron chi connectivity index (χ2n) is 10.5. The predicted molar refractivity (Wildman–Crippen MR) is 102 cm³/mol. The summed E-state index contributed by atoms with van der Waals surface area (Å²) >= 11 is 0. The summed E-state index contributed by atoms with van der Waals surface area (Å²) in [6.45, 7) is 3.36. The zero-order valence-electron chi connectivity index (χ0n) is 16.0. The molecule has 6 rings (SSSR count). The highest BCUT2D eigenvalue weighted by Gasteiger charge is 2.65. The van der Waals surface area contributed by atoms with Crippen LogP contribution in [0.25, 0.3) is 0 Å². The second kappa shape index (κ2) is 5.10. The minimum absolute atomic E-state index is 0.0348. The van der Waals surface area contributed by atoms with Gasteiger partial charge in [-0.3, -0.25) is 0 Å². The van der Waals surface area contributed by atoms with Crippen molar-refractivity contribution in [2.45, 2.75) is 82.8 Å². The summed E-state index contributed by atoms with van der Waals surface area (Å²) in [4.78, 5) is 11.2. The van der Waals surface area contributed by atoms with Crippen LogP contribution >= 0.6 is 0 Å². The maximum atomic E-state index is 11.2. The zero-order valence-corrected chi connectivity index (χ0v) is 16.0. The van der Waals surface area contributed by atoms with E-state index in [0.717, 1.165) is 43.6 Å². The van der Waals surface area contributed by atoms with Crippen LogP contribution in [0.2, 0.25) is 0 Å². The van der Waals surface area contributed by atoms with Gasteiger partial charge in [0.1, 0.15) is 0 Å². The lowest BCUT2D eigenvalue weighted by Gasteiger charge is -2.55. The third-order valence-corrected chi connectivity index (χ3v) is 9.74. The highest BCUT2D eigenvalue weighted by Crippen LogP contribution is 2.72. The monoisotopic (exact) mass is 353 g/mol. The molecule has 0 bridgehead atoms. The van der Waals surface area contributed by atoms with Crippen LogP contribution in [-0.4, -0.2) is 18.2 Å². The topological polar surface area (TPSA) is 38.7 Å². The number of nitroso groups, excluding NO2 is 1. The Hall–Kier alpha value is -0.960. The van der Waals surface area contributed by atoms with Gasteiger partial charge in [-0.2, -0.15) is 4.91 Å². The van der Waals surface area contributed by atoms with Gasteiger partial charge in [-0.25, -0.2) is 0 Å². The van der Waals surface area contributed by atoms with Crippen LogP contribution in [0.5, 0.6) is 0 Å². The van der Waals surface area contributed by atoms with Crippen molar-refractivity contribution in [1.82, 2.24) is 0 Å². The molecular formula is C23H31NO2. The molecule has 5 aliphatic carbocycles. The average molecular weight is 354 g/mol. The number of nitrogens with zero attached hydrogens (tertiary/aromatic N) is 1. The molecule has 3 saturated carbocycles. The molecule has 3 fully saturated rings. The van der Waals surface area contributed by atoms with E-state index in [1.165, 1.54) is 44.9 Å². The third-order valence-electron chi connectivity index (χ3n) is 9.74. The number of ether oxygens (including phenoxy) is 1. The van der Waals surface area contributed by atoms with Gasteiger partial charge in [0.15, 0.2) is 0 Å². The van der Waals surface area contributed by atoms with Crippen LogP contribution in [0.1, 0.15) is 71.1 Å². The van der Waals surface area contributed by atoms with Gasteiger partial charge < -0.3 is 4.74 Å². The van der Waals surface area contributed by atoms with E-state index in [9.17, 15) is 4.91 Å². The molecule has 1 aliphatic heterocycles. The van der Waals surface area contributed by atoms with E-state index in [0.29, 0.717) is 10.8 Å². The fourth-order valence-corrected chi connectivity index (χ4v) is 8.26. The Kier molecular flexibility index (Phi) is 3.14. The van der Waals surface area contributed by atoms with Gasteiger partial charge in [0.05, 0.1) is 18.2 Å². The SMILES string of the molecule is C[C@]12CCC3C4=C(CC(N=O)CC4)C4(CC4)CC3C1CC[C@@]21C=CCO1. The van der Waals surface area contributed by atoms with Crippen molar-refractivity contribution in [3.8, 4) is 0 Å². The smallest absolute Gasteiger partial charge is 0.0960 e. The molecule has 140 valence electrons. The molecule has 2 spiro atoms. The summed E-state index contributed by atoms with van der Waals surface area (Å²) in [7, 11) is 0. The van der Waals surface area contributed by atoms with Crippen molar-refractivity contribution >= 4 is 0 Å². The largest absolute Gasteiger partial charge is 0.366 e. The first-order valence-electron chi connectivity index (χ1n) is 11.0. The lowest BCUT2D eigenvalue weighted by atomic mass is 9.50. The Labute approximate surface area is 156 Å². The van der Waals surface area contributed by atoms with Crippen molar-refractivity contribution in [3.05, 3.63) is 28.2 Å². The lowest BCUT2D eigenvalue weighted by Crippen LogP contribution is -2.52. The molecule has 6 aliphatic rings. The first-order chi connectivity index (χ1) is 12.6. The van der Waals surface area contributed by atoms with Crippen LogP contribution in [0.4, 0.5) is 0 Å². The van der Waals surface area contributed by atoms with E-state index in [4.69, 9.17) is 4.74 Å². The summed E-state index contributed by atoms with van der Waals surface area (Å²) in [5.41, 5.74) is 4.34. The predicted octanol–water partition coefficient (Wildman–Crippen LogP) is 5.55. The summed E-state index contributed by atoms with van der Waals surface area (Å²) < 4.78 is 6.39. The molecule has 4 unspecified atom stereocenters. The van der Waals surface area contributed by atoms with Gasteiger partial charge >= 0.3 is 0 Å². The van der Waals surface area contributed by atoms with E-state index in [2.05, 4.69) is 24.3 Å². The Balaban J connectivity index is 1.39. The number of hydrogen-bond donors (Lipinski definition) is 0. The molecule has 0 aromatic carbocycles. The third kappa shape index (κ3) is 1.84. The van der Waals surface area contributed by atoms with Crippen molar-refractivity contribution in [2.24, 2.45) is 33.8 Å². The van der Waals surface area contributed by atoms with Crippen molar-refractivity contribution in [2.75, 3.05) is 6.61 Å². The Morgan fingerprint density at radius 1 is 1.15 bits per heavy atom. The van der Waals surface area contributed by atoms with Gasteiger partial charge in [-0.1, -0.05) is 35.4 Å². The standard InChI is InChI=1S/C23H31NO2/c1-21-8-5-16-17-4-3-15(24-25)13-20(17)22(10-11-22)14-18(16)19(21)6-9-23(21)7-2-12-26-23/h2,7,15-16,18-19H,3-6,8-14H2,1H3/t15?,16?,18?,19?,21-,23-/m0/s1. The quantitative estimate of drug-likeness (QED) is 0.458. The van der Waals surface area contributed by atoms with E-state index in [-0.39, 0.29) is 11.6 Å². The average Bonchev–Trinajstić information content (AvgIpc) is 3.14. The number of rotatable bonds is 1. The van der Waals surface area contributed by atoms with Crippen LogP contribution < -0.4 is 0 Å². The molecule has 26 heavy (non-hydrogen) atoms. The minimum Gasteiger partial charge on any atom is -0.366 e. The molecule has 0 aromatic heterocycles. The van der Waals surface area contributed by atoms with Gasteiger partial charge in [0.2, 0.25) is 0 Å². The summed E-state index contributed by atoms with van der Waals surface area (Å²) in [5, 5.41) is 3.44. The summed E-state index contributed by atoms with van der Waals surface area (Å²) in [6.07, 6.45) is 17.2. The molecule has 6 atom stereocenters. The molecule has 3 heteroatoms. The number of allylic oxidation sites excluding steroid dienone is 1. The normalized spacial score (nSPS) is 50.7. The van der Waals surface area contributed by atoms with Crippen LogP contribution in [0, 0.1) is 33.5 Å². The van der Waals surface area contributed by atoms with Crippen LogP contribution in [0.15, 0.2) is 28.5 Å². The van der Waals surface area contributed by atoms with Crippen LogP contribution in [-0.2, 0) is 4.74 Å². The van der Waals surface area contributed by atoms with Gasteiger partial charge in [0.25, 0.3) is 0 Å². The first-order valence-corrected chi connectivity index (χ1v) is 11.0. The molecular weight excluding hydrogens is 322 g/mol. The Morgan fingerprint density at radius 2 is 2.04 bits per heavy atom. The molecule has 0 saturated heterocycles. The molecule has 0 amide bonds. The summed E-state index contributed by atoms with van der Waals surface area (Å²) in [5.74, 6) is 2.47. The minimum atomic E-state index is 0.0348. The zero-order chi connectivity index (χ0) is 17.6. The van der Waals surface area contributed by atoms with Gasteiger partial charge in [-0.05, 0) is 87.4 Å². The molecule has 0 radical (unpaired) electrons. The highest BCUT2D eigenvalue weighted by molar-refractivity contribution is 5.38. The van der Waals surface area contributed by atoms with E-state index < -0.39 is 0 Å². The maximum Gasteiger partial charge on any atom is 0.0960 e. The Morgan fingerprint density at radius 3 is 2.77 bits per heavy atom. The maximum absolute atomic E-state index is 11.2. The van der Waals surface area contributed by atoms with Crippen molar-refractivity contribution in [3.63, 3.8) is 0 Å². The number of fused-ring (bicyclic) bond motifs is 6. The first kappa shape index (κ1) is 16.0. The van der Waals surface area contributed by atoms with E-state index in [1.54, 1.807) is 11.1 Å². The lowest BCUT2D eigenvalue weighted by molar-refractivity contribution is -0.103. The van der Waals surface area contributed by atoms with Gasteiger partial charge in [-0.15, -0.1) is 0 Å². The molecule has 3 nitrogen and oxygen atoms in total.